The van der Waals surface area contributed by atoms with E-state index in [0.717, 1.165) is 12.8 Å². The molecule has 4 nitrogen and oxygen atoms in total. The molecule has 0 spiro atoms. The second-order valence-electron chi connectivity index (χ2n) is 4.89. The molecule has 0 fully saturated rings. The number of rotatable bonds is 6. The number of ether oxygens (including phenoxy) is 1. The van der Waals surface area contributed by atoms with Crippen molar-refractivity contribution < 1.29 is 14.3 Å². The van der Waals surface area contributed by atoms with Gasteiger partial charge in [-0.3, -0.25) is 9.59 Å². The normalized spacial score (nSPS) is 10.5. The maximum absolute atomic E-state index is 11.9. The van der Waals surface area contributed by atoms with E-state index < -0.39 is 0 Å². The Morgan fingerprint density at radius 1 is 1.14 bits per heavy atom. The van der Waals surface area contributed by atoms with Gasteiger partial charge in [-0.2, -0.15) is 0 Å². The number of esters is 1. The van der Waals surface area contributed by atoms with Crippen LogP contribution in [0.5, 0.6) is 5.75 Å². The first-order valence-electron chi connectivity index (χ1n) is 7.30. The minimum atomic E-state index is -0.208. The number of hydrogen-bond acceptors (Lipinski definition) is 4. The number of thiophene rings is 1. The summed E-state index contributed by atoms with van der Waals surface area (Å²) in [7, 11) is 0. The van der Waals surface area contributed by atoms with Crippen molar-refractivity contribution in [2.24, 2.45) is 5.92 Å². The number of benzene rings is 1. The zero-order chi connectivity index (χ0) is 15.9. The summed E-state index contributed by atoms with van der Waals surface area (Å²) in [5, 5.41) is 4.66. The van der Waals surface area contributed by atoms with Crippen molar-refractivity contribution in [1.29, 1.82) is 0 Å². The molecule has 0 unspecified atom stereocenters. The summed E-state index contributed by atoms with van der Waals surface area (Å²) >= 11 is 1.39. The van der Waals surface area contributed by atoms with E-state index in [1.807, 2.05) is 25.3 Å². The molecule has 1 amide bonds. The number of hydrogen-bond donors (Lipinski definition) is 1. The van der Waals surface area contributed by atoms with Crippen LogP contribution in [-0.2, 0) is 4.79 Å². The third kappa shape index (κ3) is 4.18. The Morgan fingerprint density at radius 2 is 1.82 bits per heavy atom. The van der Waals surface area contributed by atoms with Crippen LogP contribution < -0.4 is 10.1 Å². The highest BCUT2D eigenvalue weighted by Crippen LogP contribution is 2.20. The van der Waals surface area contributed by atoms with E-state index >= 15 is 0 Å². The van der Waals surface area contributed by atoms with Crippen LogP contribution in [0.4, 0.5) is 5.69 Å². The minimum absolute atomic E-state index is 0.0711. The third-order valence-corrected chi connectivity index (χ3v) is 4.26. The van der Waals surface area contributed by atoms with Crippen molar-refractivity contribution in [2.75, 3.05) is 5.32 Å². The summed E-state index contributed by atoms with van der Waals surface area (Å²) in [6.45, 7) is 3.94. The molecule has 0 atom stereocenters. The molecular weight excluding hydrogens is 298 g/mol. The predicted octanol–water partition coefficient (Wildman–Crippen LogP) is 4.34. The van der Waals surface area contributed by atoms with Crippen molar-refractivity contribution in [2.45, 2.75) is 26.7 Å². The lowest BCUT2D eigenvalue weighted by molar-refractivity contribution is -0.139. The SMILES string of the molecule is CCC(CC)C(=O)Oc1ccc(NC(=O)c2cccs2)cc1. The first kappa shape index (κ1) is 16.2. The average Bonchev–Trinajstić information content (AvgIpc) is 3.05. The van der Waals surface area contributed by atoms with Gasteiger partial charge in [0, 0.05) is 5.69 Å². The lowest BCUT2D eigenvalue weighted by atomic mass is 10.0. The molecule has 0 aliphatic heterocycles. The molecule has 0 saturated carbocycles. The molecule has 0 aliphatic rings. The summed E-state index contributed by atoms with van der Waals surface area (Å²) in [6, 6.07) is 10.4. The monoisotopic (exact) mass is 317 g/mol. The van der Waals surface area contributed by atoms with Crippen LogP contribution in [0.1, 0.15) is 36.4 Å². The van der Waals surface area contributed by atoms with Crippen molar-refractivity contribution in [3.63, 3.8) is 0 Å². The molecule has 1 heterocycles. The van der Waals surface area contributed by atoms with Gasteiger partial charge in [-0.05, 0) is 48.6 Å². The van der Waals surface area contributed by atoms with Gasteiger partial charge in [-0.1, -0.05) is 19.9 Å². The topological polar surface area (TPSA) is 55.4 Å². The Bertz CT molecular complexity index is 616. The fourth-order valence-corrected chi connectivity index (χ4v) is 2.65. The summed E-state index contributed by atoms with van der Waals surface area (Å²) in [5.74, 6) is 0.0707. The molecule has 2 aromatic rings. The Kier molecular flexibility index (Phi) is 5.72. The number of carbonyl (C=O) groups excluding carboxylic acids is 2. The van der Waals surface area contributed by atoms with Gasteiger partial charge in [0.25, 0.3) is 5.91 Å². The van der Waals surface area contributed by atoms with E-state index in [4.69, 9.17) is 4.74 Å². The van der Waals surface area contributed by atoms with Gasteiger partial charge in [0.1, 0.15) is 5.75 Å². The van der Waals surface area contributed by atoms with E-state index in [1.165, 1.54) is 11.3 Å². The fraction of sp³-hybridized carbons (Fsp3) is 0.294. The number of anilines is 1. The molecule has 1 aromatic heterocycles. The van der Waals surface area contributed by atoms with Crippen LogP contribution in [0.2, 0.25) is 0 Å². The van der Waals surface area contributed by atoms with Crippen LogP contribution in [0.25, 0.3) is 0 Å². The first-order chi connectivity index (χ1) is 10.6. The Balaban J connectivity index is 1.95. The van der Waals surface area contributed by atoms with Crippen LogP contribution >= 0.6 is 11.3 Å². The van der Waals surface area contributed by atoms with Crippen molar-refractivity contribution in [1.82, 2.24) is 0 Å². The second-order valence-corrected chi connectivity index (χ2v) is 5.84. The third-order valence-electron chi connectivity index (χ3n) is 3.39. The molecule has 5 heteroatoms. The van der Waals surface area contributed by atoms with Crippen LogP contribution in [0.3, 0.4) is 0 Å². The summed E-state index contributed by atoms with van der Waals surface area (Å²) in [4.78, 5) is 24.5. The van der Waals surface area contributed by atoms with E-state index in [-0.39, 0.29) is 17.8 Å². The maximum atomic E-state index is 11.9. The van der Waals surface area contributed by atoms with Crippen LogP contribution in [0, 0.1) is 5.92 Å². The molecular formula is C17H19NO3S. The molecule has 2 rings (SSSR count). The largest absolute Gasteiger partial charge is 0.426 e. The quantitative estimate of drug-likeness (QED) is 0.637. The highest BCUT2D eigenvalue weighted by atomic mass is 32.1. The molecule has 116 valence electrons. The van der Waals surface area contributed by atoms with Gasteiger partial charge >= 0.3 is 5.97 Å². The molecule has 0 bridgehead atoms. The molecule has 0 saturated heterocycles. The van der Waals surface area contributed by atoms with E-state index in [0.29, 0.717) is 16.3 Å². The second kappa shape index (κ2) is 7.75. The van der Waals surface area contributed by atoms with E-state index in [2.05, 4.69) is 5.32 Å². The van der Waals surface area contributed by atoms with Crippen LogP contribution in [-0.4, -0.2) is 11.9 Å². The summed E-state index contributed by atoms with van der Waals surface area (Å²) < 4.78 is 5.34. The highest BCUT2D eigenvalue weighted by Gasteiger charge is 2.16. The van der Waals surface area contributed by atoms with E-state index in [9.17, 15) is 9.59 Å². The van der Waals surface area contributed by atoms with Gasteiger partial charge in [-0.25, -0.2) is 0 Å². The minimum Gasteiger partial charge on any atom is -0.426 e. The van der Waals surface area contributed by atoms with Crippen LogP contribution in [0.15, 0.2) is 41.8 Å². The highest BCUT2D eigenvalue weighted by molar-refractivity contribution is 7.12. The lowest BCUT2D eigenvalue weighted by Gasteiger charge is -2.12. The van der Waals surface area contributed by atoms with Gasteiger partial charge < -0.3 is 10.1 Å². The Hall–Kier alpha value is -2.14. The molecule has 0 aliphatic carbocycles. The number of nitrogens with one attached hydrogen (secondary N) is 1. The van der Waals surface area contributed by atoms with Crippen molar-refractivity contribution in [3.05, 3.63) is 46.7 Å². The van der Waals surface area contributed by atoms with Gasteiger partial charge in [0.05, 0.1) is 10.8 Å². The van der Waals surface area contributed by atoms with Gasteiger partial charge in [-0.15, -0.1) is 11.3 Å². The van der Waals surface area contributed by atoms with Crippen molar-refractivity contribution in [3.8, 4) is 5.75 Å². The standard InChI is InChI=1S/C17H19NO3S/c1-3-12(4-2)17(20)21-14-9-7-13(8-10-14)18-16(19)15-6-5-11-22-15/h5-12H,3-4H2,1-2H3,(H,18,19). The lowest BCUT2D eigenvalue weighted by Crippen LogP contribution is -2.19. The summed E-state index contributed by atoms with van der Waals surface area (Å²) in [6.07, 6.45) is 1.54. The summed E-state index contributed by atoms with van der Waals surface area (Å²) in [5.41, 5.74) is 0.667. The molecule has 22 heavy (non-hydrogen) atoms. The van der Waals surface area contributed by atoms with Gasteiger partial charge in [0.2, 0.25) is 0 Å². The van der Waals surface area contributed by atoms with E-state index in [1.54, 1.807) is 30.3 Å². The average molecular weight is 317 g/mol. The molecule has 1 N–H and O–H groups in total. The van der Waals surface area contributed by atoms with Gasteiger partial charge in [0.15, 0.2) is 0 Å². The van der Waals surface area contributed by atoms with Crippen molar-refractivity contribution >= 4 is 28.9 Å². The molecule has 0 radical (unpaired) electrons. The Labute approximate surface area is 134 Å². The fourth-order valence-electron chi connectivity index (χ4n) is 2.03. The first-order valence-corrected chi connectivity index (χ1v) is 8.18. The zero-order valence-electron chi connectivity index (χ0n) is 12.7. The number of amides is 1. The zero-order valence-corrected chi connectivity index (χ0v) is 13.5. The smallest absolute Gasteiger partial charge is 0.314 e. The number of carbonyl (C=O) groups is 2. The maximum Gasteiger partial charge on any atom is 0.314 e. The Morgan fingerprint density at radius 3 is 2.36 bits per heavy atom. The predicted molar refractivity (Wildman–Crippen MR) is 88.4 cm³/mol. The molecule has 1 aromatic carbocycles.